The standard InChI is InChI=1S/C15H19NS/c1-11-6-7-14(12(2)9-11)15(16-3)10-13-5-4-8-17-13/h4-9,15-16H,10H2,1-3H3. The van der Waals surface area contributed by atoms with Gasteiger partial charge in [0.25, 0.3) is 0 Å². The number of thiophene rings is 1. The van der Waals surface area contributed by atoms with Gasteiger partial charge >= 0.3 is 0 Å². The van der Waals surface area contributed by atoms with Crippen molar-refractivity contribution >= 4 is 11.3 Å². The smallest absolute Gasteiger partial charge is 0.0368 e. The van der Waals surface area contributed by atoms with Crippen molar-refractivity contribution in [2.45, 2.75) is 26.3 Å². The van der Waals surface area contributed by atoms with E-state index in [2.05, 4.69) is 54.9 Å². The normalized spacial score (nSPS) is 12.6. The Kier molecular flexibility index (Phi) is 3.97. The van der Waals surface area contributed by atoms with E-state index in [1.807, 2.05) is 18.4 Å². The van der Waals surface area contributed by atoms with Crippen LogP contribution in [0.4, 0.5) is 0 Å². The van der Waals surface area contributed by atoms with Gasteiger partial charge in [0.1, 0.15) is 0 Å². The molecule has 1 nitrogen and oxygen atoms in total. The topological polar surface area (TPSA) is 12.0 Å². The second kappa shape index (κ2) is 5.48. The van der Waals surface area contributed by atoms with Crippen LogP contribution in [0.15, 0.2) is 35.7 Å². The fraction of sp³-hybridized carbons (Fsp3) is 0.333. The van der Waals surface area contributed by atoms with Crippen LogP contribution in [-0.4, -0.2) is 7.05 Å². The number of hydrogen-bond donors (Lipinski definition) is 1. The van der Waals surface area contributed by atoms with E-state index in [1.54, 1.807) is 0 Å². The third kappa shape index (κ3) is 2.96. The average Bonchev–Trinajstić information content (AvgIpc) is 2.79. The van der Waals surface area contributed by atoms with Gasteiger partial charge in [-0.15, -0.1) is 11.3 Å². The molecule has 1 N–H and O–H groups in total. The van der Waals surface area contributed by atoms with Crippen molar-refractivity contribution in [3.05, 3.63) is 57.3 Å². The monoisotopic (exact) mass is 245 g/mol. The highest BCUT2D eigenvalue weighted by Gasteiger charge is 2.12. The van der Waals surface area contributed by atoms with Crippen LogP contribution in [0.5, 0.6) is 0 Å². The van der Waals surface area contributed by atoms with Gasteiger partial charge in [-0.05, 0) is 43.5 Å². The van der Waals surface area contributed by atoms with Crippen LogP contribution in [0.2, 0.25) is 0 Å². The minimum absolute atomic E-state index is 0.411. The first-order valence-corrected chi connectivity index (χ1v) is 6.85. The van der Waals surface area contributed by atoms with E-state index in [9.17, 15) is 0 Å². The Labute approximate surface area is 108 Å². The van der Waals surface area contributed by atoms with Crippen molar-refractivity contribution in [2.24, 2.45) is 0 Å². The lowest BCUT2D eigenvalue weighted by molar-refractivity contribution is 0.593. The summed E-state index contributed by atoms with van der Waals surface area (Å²) >= 11 is 1.83. The molecule has 0 aliphatic rings. The van der Waals surface area contributed by atoms with Gasteiger partial charge in [-0.25, -0.2) is 0 Å². The fourth-order valence-electron chi connectivity index (χ4n) is 2.21. The predicted molar refractivity (Wildman–Crippen MR) is 75.7 cm³/mol. The van der Waals surface area contributed by atoms with Crippen LogP contribution in [0.25, 0.3) is 0 Å². The van der Waals surface area contributed by atoms with Crippen molar-refractivity contribution in [1.29, 1.82) is 0 Å². The zero-order valence-electron chi connectivity index (χ0n) is 10.7. The highest BCUT2D eigenvalue weighted by Crippen LogP contribution is 2.24. The zero-order valence-corrected chi connectivity index (χ0v) is 11.5. The molecule has 0 radical (unpaired) electrons. The molecule has 1 heterocycles. The maximum Gasteiger partial charge on any atom is 0.0368 e. The fourth-order valence-corrected chi connectivity index (χ4v) is 2.97. The summed E-state index contributed by atoms with van der Waals surface area (Å²) in [5.74, 6) is 0. The van der Waals surface area contributed by atoms with Crippen LogP contribution < -0.4 is 5.32 Å². The summed E-state index contributed by atoms with van der Waals surface area (Å²) in [6.07, 6.45) is 1.07. The van der Waals surface area contributed by atoms with Crippen molar-refractivity contribution in [1.82, 2.24) is 5.32 Å². The van der Waals surface area contributed by atoms with Gasteiger partial charge in [0.15, 0.2) is 0 Å². The summed E-state index contributed by atoms with van der Waals surface area (Å²) in [6, 6.07) is 11.4. The van der Waals surface area contributed by atoms with Gasteiger partial charge in [0.05, 0.1) is 0 Å². The summed E-state index contributed by atoms with van der Waals surface area (Å²) in [5, 5.41) is 5.57. The number of nitrogens with one attached hydrogen (secondary N) is 1. The Bertz CT molecular complexity index is 474. The number of hydrogen-bond acceptors (Lipinski definition) is 2. The molecule has 1 aromatic heterocycles. The minimum atomic E-state index is 0.411. The molecule has 0 bridgehead atoms. The van der Waals surface area contributed by atoms with E-state index in [0.29, 0.717) is 6.04 Å². The molecule has 0 fully saturated rings. The molecule has 2 aromatic rings. The predicted octanol–water partition coefficient (Wildman–Crippen LogP) is 3.87. The van der Waals surface area contributed by atoms with E-state index in [4.69, 9.17) is 0 Å². The summed E-state index contributed by atoms with van der Waals surface area (Å²) in [6.45, 7) is 4.34. The molecule has 0 saturated carbocycles. The Morgan fingerprint density at radius 2 is 2.06 bits per heavy atom. The van der Waals surface area contributed by atoms with Crippen molar-refractivity contribution in [3.63, 3.8) is 0 Å². The number of likely N-dealkylation sites (N-methyl/N-ethyl adjacent to an activating group) is 1. The summed E-state index contributed by atoms with van der Waals surface area (Å²) < 4.78 is 0. The third-order valence-corrected chi connectivity index (χ3v) is 4.03. The van der Waals surface area contributed by atoms with Crippen molar-refractivity contribution in [2.75, 3.05) is 7.05 Å². The van der Waals surface area contributed by atoms with Crippen molar-refractivity contribution < 1.29 is 0 Å². The van der Waals surface area contributed by atoms with Crippen LogP contribution in [0.1, 0.15) is 27.6 Å². The highest BCUT2D eigenvalue weighted by molar-refractivity contribution is 7.09. The van der Waals surface area contributed by atoms with E-state index in [0.717, 1.165) is 6.42 Å². The molecule has 90 valence electrons. The maximum atomic E-state index is 3.42. The molecule has 0 aliphatic heterocycles. The Hall–Kier alpha value is -1.12. The van der Waals surface area contributed by atoms with Gasteiger partial charge in [-0.1, -0.05) is 29.8 Å². The second-order valence-electron chi connectivity index (χ2n) is 4.48. The molecule has 1 atom stereocenters. The van der Waals surface area contributed by atoms with E-state index < -0.39 is 0 Å². The van der Waals surface area contributed by atoms with Gasteiger partial charge in [-0.2, -0.15) is 0 Å². The van der Waals surface area contributed by atoms with Crippen LogP contribution in [-0.2, 0) is 6.42 Å². The molecule has 1 aromatic carbocycles. The van der Waals surface area contributed by atoms with Crippen LogP contribution in [0, 0.1) is 13.8 Å². The Balaban J connectivity index is 2.23. The summed E-state index contributed by atoms with van der Waals surface area (Å²) in [4.78, 5) is 1.43. The quantitative estimate of drug-likeness (QED) is 0.862. The molecule has 0 aliphatic carbocycles. The number of rotatable bonds is 4. The Morgan fingerprint density at radius 3 is 2.65 bits per heavy atom. The van der Waals surface area contributed by atoms with Gasteiger partial charge in [-0.3, -0.25) is 0 Å². The van der Waals surface area contributed by atoms with E-state index in [-0.39, 0.29) is 0 Å². The largest absolute Gasteiger partial charge is 0.313 e. The average molecular weight is 245 g/mol. The molecule has 0 spiro atoms. The molecule has 1 unspecified atom stereocenters. The first-order valence-electron chi connectivity index (χ1n) is 5.97. The van der Waals surface area contributed by atoms with Gasteiger partial charge < -0.3 is 5.32 Å². The van der Waals surface area contributed by atoms with E-state index >= 15 is 0 Å². The third-order valence-electron chi connectivity index (χ3n) is 3.13. The molecular formula is C15H19NS. The summed E-state index contributed by atoms with van der Waals surface area (Å²) in [7, 11) is 2.04. The van der Waals surface area contributed by atoms with Crippen LogP contribution >= 0.6 is 11.3 Å². The number of benzene rings is 1. The molecular weight excluding hydrogens is 226 g/mol. The van der Waals surface area contributed by atoms with Crippen molar-refractivity contribution in [3.8, 4) is 0 Å². The highest BCUT2D eigenvalue weighted by atomic mass is 32.1. The van der Waals surface area contributed by atoms with Gasteiger partial charge in [0.2, 0.25) is 0 Å². The zero-order chi connectivity index (χ0) is 12.3. The number of aryl methyl sites for hydroxylation is 2. The lowest BCUT2D eigenvalue weighted by atomic mass is 9.97. The molecule has 0 amide bonds. The van der Waals surface area contributed by atoms with Crippen LogP contribution in [0.3, 0.4) is 0 Å². The molecule has 2 heteroatoms. The van der Waals surface area contributed by atoms with E-state index in [1.165, 1.54) is 21.6 Å². The van der Waals surface area contributed by atoms with Gasteiger partial charge in [0, 0.05) is 17.3 Å². The SMILES string of the molecule is CNC(Cc1cccs1)c1ccc(C)cc1C. The molecule has 2 rings (SSSR count). The summed E-state index contributed by atoms with van der Waals surface area (Å²) in [5.41, 5.74) is 4.12. The lowest BCUT2D eigenvalue weighted by Crippen LogP contribution is -2.19. The second-order valence-corrected chi connectivity index (χ2v) is 5.52. The lowest BCUT2D eigenvalue weighted by Gasteiger charge is -2.18. The first-order chi connectivity index (χ1) is 8.20. The maximum absolute atomic E-state index is 3.42. The first kappa shape index (κ1) is 12.3. The minimum Gasteiger partial charge on any atom is -0.313 e. The molecule has 0 saturated heterocycles. The molecule has 17 heavy (non-hydrogen) atoms. The Morgan fingerprint density at radius 1 is 1.24 bits per heavy atom.